The third kappa shape index (κ3) is 3.88. The van der Waals surface area contributed by atoms with Crippen molar-refractivity contribution in [2.24, 2.45) is 0 Å². The number of hydrogen-bond donors (Lipinski definition) is 4. The van der Waals surface area contributed by atoms with Gasteiger partial charge in [-0.15, -0.1) is 11.8 Å². The maximum Gasteiger partial charge on any atom is 0.326 e. The first-order valence-electron chi connectivity index (χ1n) is 6.22. The third-order valence-corrected chi connectivity index (χ3v) is 4.10. The largest absolute Gasteiger partial charge is 0.508 e. The first-order chi connectivity index (χ1) is 9.56. The molecule has 1 saturated heterocycles. The molecule has 1 heterocycles. The van der Waals surface area contributed by atoms with E-state index in [1.54, 1.807) is 12.1 Å². The Balaban J connectivity index is 1.98. The number of carbonyl (C=O) groups excluding carboxylic acids is 1. The van der Waals surface area contributed by atoms with E-state index in [9.17, 15) is 19.8 Å². The van der Waals surface area contributed by atoms with E-state index in [2.05, 4.69) is 10.6 Å². The molecular formula is C13H16N2O4S. The van der Waals surface area contributed by atoms with Crippen molar-refractivity contribution in [1.82, 2.24) is 10.6 Å². The van der Waals surface area contributed by atoms with Crippen molar-refractivity contribution in [3.05, 3.63) is 29.8 Å². The van der Waals surface area contributed by atoms with Gasteiger partial charge in [-0.1, -0.05) is 12.1 Å². The Hall–Kier alpha value is -1.73. The second-order valence-electron chi connectivity index (χ2n) is 4.47. The summed E-state index contributed by atoms with van der Waals surface area (Å²) < 4.78 is 0. The van der Waals surface area contributed by atoms with E-state index in [1.807, 2.05) is 0 Å². The van der Waals surface area contributed by atoms with E-state index in [1.165, 1.54) is 23.9 Å². The quantitative estimate of drug-likeness (QED) is 0.618. The van der Waals surface area contributed by atoms with Crippen molar-refractivity contribution in [1.29, 1.82) is 0 Å². The Morgan fingerprint density at radius 1 is 1.40 bits per heavy atom. The van der Waals surface area contributed by atoms with Gasteiger partial charge in [0.1, 0.15) is 17.2 Å². The zero-order chi connectivity index (χ0) is 14.5. The van der Waals surface area contributed by atoms with Crippen LogP contribution in [0.5, 0.6) is 5.75 Å². The Kier molecular flexibility index (Phi) is 4.86. The van der Waals surface area contributed by atoms with Crippen LogP contribution in [0.3, 0.4) is 0 Å². The maximum atomic E-state index is 11.9. The van der Waals surface area contributed by atoms with E-state index in [-0.39, 0.29) is 23.5 Å². The van der Waals surface area contributed by atoms with Crippen molar-refractivity contribution < 1.29 is 19.8 Å². The molecule has 0 aliphatic carbocycles. The lowest BCUT2D eigenvalue weighted by Crippen LogP contribution is -2.48. The van der Waals surface area contributed by atoms with Gasteiger partial charge < -0.3 is 15.5 Å². The van der Waals surface area contributed by atoms with Gasteiger partial charge in [-0.25, -0.2) is 4.79 Å². The van der Waals surface area contributed by atoms with E-state index in [4.69, 9.17) is 0 Å². The van der Waals surface area contributed by atoms with Crippen molar-refractivity contribution in [2.45, 2.75) is 17.8 Å². The normalized spacial score (nSPS) is 19.5. The predicted molar refractivity (Wildman–Crippen MR) is 75.6 cm³/mol. The summed E-state index contributed by atoms with van der Waals surface area (Å²) in [6.45, 7) is 0.748. The third-order valence-electron chi connectivity index (χ3n) is 2.95. The summed E-state index contributed by atoms with van der Waals surface area (Å²) in [6, 6.07) is 5.28. The predicted octanol–water partition coefficient (Wildman–Crippen LogP) is 0.167. The summed E-state index contributed by atoms with van der Waals surface area (Å²) in [5.74, 6) is -0.419. The summed E-state index contributed by atoms with van der Waals surface area (Å²) in [7, 11) is 0. The van der Waals surface area contributed by atoms with Crippen LogP contribution in [0.15, 0.2) is 24.3 Å². The second kappa shape index (κ2) is 6.62. The van der Waals surface area contributed by atoms with E-state index >= 15 is 0 Å². The Morgan fingerprint density at radius 2 is 2.10 bits per heavy atom. The minimum atomic E-state index is -1.07. The molecule has 2 rings (SSSR count). The number of thioether (sulfide) groups is 1. The standard InChI is InChI=1S/C13H16N2O4S/c16-9-3-1-8(2-4-9)7-10(13(18)19)15-11(17)12-14-5-6-20-12/h1-4,10,12,14,16H,5-7H2,(H,15,17)(H,18,19)/t10-,12-/m0/s1. The molecule has 1 aromatic rings. The second-order valence-corrected chi connectivity index (χ2v) is 5.69. The molecule has 108 valence electrons. The van der Waals surface area contributed by atoms with Crippen LogP contribution in [-0.4, -0.2) is 45.8 Å². The van der Waals surface area contributed by atoms with E-state index in [0.717, 1.165) is 17.9 Å². The van der Waals surface area contributed by atoms with Crippen molar-refractivity contribution in [3.8, 4) is 5.75 Å². The zero-order valence-corrected chi connectivity index (χ0v) is 11.5. The number of carboxylic acid groups (broad SMARTS) is 1. The van der Waals surface area contributed by atoms with Gasteiger partial charge in [0.05, 0.1) is 0 Å². The highest BCUT2D eigenvalue weighted by Gasteiger charge is 2.27. The lowest BCUT2D eigenvalue weighted by molar-refractivity contribution is -0.141. The lowest BCUT2D eigenvalue weighted by Gasteiger charge is -2.17. The van der Waals surface area contributed by atoms with Gasteiger partial charge in [0, 0.05) is 18.7 Å². The fourth-order valence-corrected chi connectivity index (χ4v) is 2.84. The highest BCUT2D eigenvalue weighted by Crippen LogP contribution is 2.15. The van der Waals surface area contributed by atoms with E-state index < -0.39 is 12.0 Å². The van der Waals surface area contributed by atoms with E-state index in [0.29, 0.717) is 0 Å². The number of rotatable bonds is 5. The molecule has 0 unspecified atom stereocenters. The highest BCUT2D eigenvalue weighted by molar-refractivity contribution is 8.00. The Morgan fingerprint density at radius 3 is 2.65 bits per heavy atom. The first kappa shape index (κ1) is 14.7. The monoisotopic (exact) mass is 296 g/mol. The molecule has 7 heteroatoms. The fraction of sp³-hybridized carbons (Fsp3) is 0.385. The minimum absolute atomic E-state index is 0.121. The number of phenolic OH excluding ortho intramolecular Hbond substituents is 1. The number of phenols is 1. The first-order valence-corrected chi connectivity index (χ1v) is 7.27. The number of aliphatic carboxylic acids is 1. The lowest BCUT2D eigenvalue weighted by atomic mass is 10.1. The maximum absolute atomic E-state index is 11.9. The number of aromatic hydroxyl groups is 1. The Labute approximate surface area is 120 Å². The van der Waals surface area contributed by atoms with Crippen LogP contribution in [0.1, 0.15) is 5.56 Å². The van der Waals surface area contributed by atoms with Gasteiger partial charge in [0.15, 0.2) is 0 Å². The minimum Gasteiger partial charge on any atom is -0.508 e. The topological polar surface area (TPSA) is 98.7 Å². The number of benzene rings is 1. The SMILES string of the molecule is O=C(O)[C@H](Cc1ccc(O)cc1)NC(=O)[C@H]1NCCS1. The van der Waals surface area contributed by atoms with Gasteiger partial charge in [-0.3, -0.25) is 10.1 Å². The zero-order valence-electron chi connectivity index (χ0n) is 10.7. The summed E-state index contributed by atoms with van der Waals surface area (Å²) in [6.07, 6.45) is 0.179. The number of carbonyl (C=O) groups is 2. The van der Waals surface area contributed by atoms with Crippen LogP contribution in [0.4, 0.5) is 0 Å². The van der Waals surface area contributed by atoms with Crippen LogP contribution in [0, 0.1) is 0 Å². The number of hydrogen-bond acceptors (Lipinski definition) is 5. The molecule has 1 amide bonds. The number of carboxylic acids is 1. The highest BCUT2D eigenvalue weighted by atomic mass is 32.2. The van der Waals surface area contributed by atoms with Gasteiger partial charge in [0.25, 0.3) is 0 Å². The van der Waals surface area contributed by atoms with Crippen molar-refractivity contribution in [3.63, 3.8) is 0 Å². The van der Waals surface area contributed by atoms with Gasteiger partial charge in [0.2, 0.25) is 5.91 Å². The number of nitrogens with one attached hydrogen (secondary N) is 2. The van der Waals surface area contributed by atoms with Crippen LogP contribution in [-0.2, 0) is 16.0 Å². The molecule has 4 N–H and O–H groups in total. The molecule has 0 saturated carbocycles. The number of amides is 1. The van der Waals surface area contributed by atoms with Crippen LogP contribution >= 0.6 is 11.8 Å². The smallest absolute Gasteiger partial charge is 0.326 e. The molecule has 1 aliphatic rings. The van der Waals surface area contributed by atoms with Crippen LogP contribution < -0.4 is 10.6 Å². The van der Waals surface area contributed by atoms with Crippen molar-refractivity contribution >= 4 is 23.6 Å². The van der Waals surface area contributed by atoms with Gasteiger partial charge in [-0.2, -0.15) is 0 Å². The summed E-state index contributed by atoms with van der Waals surface area (Å²) >= 11 is 1.46. The molecule has 20 heavy (non-hydrogen) atoms. The molecule has 0 bridgehead atoms. The summed E-state index contributed by atoms with van der Waals surface area (Å²) in [5, 5.41) is 23.5. The average molecular weight is 296 g/mol. The summed E-state index contributed by atoms with van der Waals surface area (Å²) in [5.41, 5.74) is 0.738. The molecule has 6 nitrogen and oxygen atoms in total. The molecular weight excluding hydrogens is 280 g/mol. The average Bonchev–Trinajstić information content (AvgIpc) is 2.94. The van der Waals surface area contributed by atoms with Gasteiger partial charge >= 0.3 is 5.97 Å². The van der Waals surface area contributed by atoms with Crippen LogP contribution in [0.25, 0.3) is 0 Å². The molecule has 0 aromatic heterocycles. The summed E-state index contributed by atoms with van der Waals surface area (Å²) in [4.78, 5) is 23.1. The van der Waals surface area contributed by atoms with Gasteiger partial charge in [-0.05, 0) is 17.7 Å². The molecule has 1 aromatic carbocycles. The van der Waals surface area contributed by atoms with Crippen molar-refractivity contribution in [2.75, 3.05) is 12.3 Å². The molecule has 0 spiro atoms. The molecule has 1 fully saturated rings. The van der Waals surface area contributed by atoms with Crippen LogP contribution in [0.2, 0.25) is 0 Å². The molecule has 2 atom stereocenters. The fourth-order valence-electron chi connectivity index (χ4n) is 1.91. The molecule has 1 aliphatic heterocycles. The Bertz CT molecular complexity index is 486. The molecule has 0 radical (unpaired) electrons.